The molecule has 3 rings (SSSR count). The Labute approximate surface area is 157 Å². The number of hydrogen-bond donors (Lipinski definition) is 1. The van der Waals surface area contributed by atoms with Crippen LogP contribution in [-0.4, -0.2) is 37.2 Å². The number of benzene rings is 1. The number of aryl methyl sites for hydroxylation is 4. The van der Waals surface area contributed by atoms with Crippen LogP contribution in [0.5, 0.6) is 0 Å². The second-order valence-electron chi connectivity index (χ2n) is 6.16. The molecule has 2 heterocycles. The Bertz CT molecular complexity index is 930. The molecule has 0 aliphatic rings. The lowest BCUT2D eigenvalue weighted by atomic mass is 10.3. The van der Waals surface area contributed by atoms with Crippen LogP contribution in [0.1, 0.15) is 34.0 Å². The highest BCUT2D eigenvalue weighted by atomic mass is 35.5. The van der Waals surface area contributed by atoms with Crippen LogP contribution < -0.4 is 5.32 Å². The third-order valence-electron chi connectivity index (χ3n) is 3.97. The minimum absolute atomic E-state index is 0.232. The average Bonchev–Trinajstić information content (AvgIpc) is 3.13. The lowest BCUT2D eigenvalue weighted by molar-refractivity contribution is 0.0946. The summed E-state index contributed by atoms with van der Waals surface area (Å²) in [7, 11) is 0. The van der Waals surface area contributed by atoms with Crippen molar-refractivity contribution in [3.8, 4) is 5.69 Å². The summed E-state index contributed by atoms with van der Waals surface area (Å²) < 4.78 is 1.95. The molecule has 0 atom stereocenters. The molecule has 1 amide bonds. The smallest absolute Gasteiger partial charge is 0.273 e. The van der Waals surface area contributed by atoms with E-state index in [4.69, 9.17) is 11.6 Å². The van der Waals surface area contributed by atoms with E-state index in [9.17, 15) is 4.79 Å². The molecular weight excluding hydrogens is 352 g/mol. The minimum Gasteiger partial charge on any atom is -0.351 e. The van der Waals surface area contributed by atoms with Gasteiger partial charge in [0.2, 0.25) is 0 Å². The fraction of sp³-hybridized carbons (Fsp3) is 0.333. The molecule has 0 spiro atoms. The van der Waals surface area contributed by atoms with Crippen LogP contribution in [0.15, 0.2) is 30.3 Å². The molecule has 0 unspecified atom stereocenters. The maximum atomic E-state index is 12.4. The molecule has 0 saturated carbocycles. The molecule has 8 heteroatoms. The van der Waals surface area contributed by atoms with Crippen LogP contribution in [0.3, 0.4) is 0 Å². The Morgan fingerprint density at radius 1 is 1.15 bits per heavy atom. The van der Waals surface area contributed by atoms with E-state index < -0.39 is 0 Å². The number of aromatic nitrogens is 5. The van der Waals surface area contributed by atoms with Crippen molar-refractivity contribution in [2.45, 2.75) is 33.7 Å². The van der Waals surface area contributed by atoms with E-state index in [0.29, 0.717) is 28.6 Å². The molecule has 0 fully saturated rings. The van der Waals surface area contributed by atoms with Crippen molar-refractivity contribution in [1.82, 2.24) is 30.1 Å². The van der Waals surface area contributed by atoms with Crippen LogP contribution in [0, 0.1) is 20.8 Å². The van der Waals surface area contributed by atoms with Crippen LogP contribution in [0.4, 0.5) is 0 Å². The fourth-order valence-corrected chi connectivity index (χ4v) is 2.90. The number of amides is 1. The topological polar surface area (TPSA) is 77.6 Å². The van der Waals surface area contributed by atoms with Gasteiger partial charge in [0, 0.05) is 23.8 Å². The molecule has 0 aliphatic carbocycles. The third kappa shape index (κ3) is 4.11. The summed E-state index contributed by atoms with van der Waals surface area (Å²) in [6.45, 7) is 7.06. The van der Waals surface area contributed by atoms with Crippen LogP contribution >= 0.6 is 11.6 Å². The predicted octanol–water partition coefficient (Wildman–Crippen LogP) is 2.86. The molecule has 2 aromatic heterocycles. The Balaban J connectivity index is 1.59. The molecule has 0 bridgehead atoms. The second kappa shape index (κ2) is 7.70. The molecular formula is C18H21ClN6O. The van der Waals surface area contributed by atoms with Gasteiger partial charge in [-0.3, -0.25) is 9.48 Å². The van der Waals surface area contributed by atoms with E-state index in [1.807, 2.05) is 36.7 Å². The zero-order valence-electron chi connectivity index (χ0n) is 15.0. The Morgan fingerprint density at radius 3 is 2.65 bits per heavy atom. The number of rotatable bonds is 6. The zero-order chi connectivity index (χ0) is 18.7. The van der Waals surface area contributed by atoms with Gasteiger partial charge in [0.25, 0.3) is 5.91 Å². The molecule has 1 aromatic carbocycles. The number of nitrogens with one attached hydrogen (secondary N) is 1. The molecule has 0 saturated heterocycles. The normalized spacial score (nSPS) is 10.9. The van der Waals surface area contributed by atoms with Crippen molar-refractivity contribution < 1.29 is 4.79 Å². The van der Waals surface area contributed by atoms with E-state index >= 15 is 0 Å². The third-order valence-corrected chi connectivity index (χ3v) is 4.21. The Hall–Kier alpha value is -2.67. The van der Waals surface area contributed by atoms with E-state index in [-0.39, 0.29) is 5.91 Å². The van der Waals surface area contributed by atoms with Gasteiger partial charge in [0.05, 0.1) is 17.1 Å². The first-order valence-corrected chi connectivity index (χ1v) is 8.81. The van der Waals surface area contributed by atoms with Gasteiger partial charge in [0.15, 0.2) is 5.69 Å². The van der Waals surface area contributed by atoms with E-state index in [1.54, 1.807) is 19.1 Å². The van der Waals surface area contributed by atoms with Crippen LogP contribution in [-0.2, 0) is 6.54 Å². The van der Waals surface area contributed by atoms with E-state index in [1.165, 1.54) is 4.80 Å². The lowest BCUT2D eigenvalue weighted by Gasteiger charge is -2.05. The molecule has 136 valence electrons. The summed E-state index contributed by atoms with van der Waals surface area (Å²) in [6, 6.07) is 9.21. The van der Waals surface area contributed by atoms with E-state index in [2.05, 4.69) is 20.6 Å². The summed E-state index contributed by atoms with van der Waals surface area (Å²) in [4.78, 5) is 13.8. The fourth-order valence-electron chi connectivity index (χ4n) is 2.72. The van der Waals surface area contributed by atoms with Gasteiger partial charge in [0.1, 0.15) is 0 Å². The molecule has 7 nitrogen and oxygen atoms in total. The van der Waals surface area contributed by atoms with Crippen molar-refractivity contribution in [1.29, 1.82) is 0 Å². The maximum absolute atomic E-state index is 12.4. The summed E-state index contributed by atoms with van der Waals surface area (Å²) in [5.74, 6) is -0.232. The van der Waals surface area contributed by atoms with Crippen molar-refractivity contribution in [2.24, 2.45) is 0 Å². The van der Waals surface area contributed by atoms with Gasteiger partial charge < -0.3 is 5.32 Å². The maximum Gasteiger partial charge on any atom is 0.273 e. The summed E-state index contributed by atoms with van der Waals surface area (Å²) >= 11 is 6.00. The van der Waals surface area contributed by atoms with Gasteiger partial charge >= 0.3 is 0 Å². The van der Waals surface area contributed by atoms with Gasteiger partial charge in [-0.2, -0.15) is 15.0 Å². The quantitative estimate of drug-likeness (QED) is 0.675. The second-order valence-corrected chi connectivity index (χ2v) is 6.60. The van der Waals surface area contributed by atoms with E-state index in [0.717, 1.165) is 24.4 Å². The highest BCUT2D eigenvalue weighted by Gasteiger charge is 2.16. The monoisotopic (exact) mass is 372 g/mol. The van der Waals surface area contributed by atoms with Gasteiger partial charge in [-0.25, -0.2) is 0 Å². The summed E-state index contributed by atoms with van der Waals surface area (Å²) in [6.07, 6.45) is 0.787. The van der Waals surface area contributed by atoms with Crippen LogP contribution in [0.25, 0.3) is 5.69 Å². The summed E-state index contributed by atoms with van der Waals surface area (Å²) in [5.41, 5.74) is 3.72. The SMILES string of the molecule is Cc1cc(C)n(CCCNC(=O)c2nn(-c3cccc(Cl)c3)nc2C)n1. The number of carbonyl (C=O) groups is 1. The minimum atomic E-state index is -0.232. The lowest BCUT2D eigenvalue weighted by Crippen LogP contribution is -2.26. The first kappa shape index (κ1) is 18.1. The number of halogens is 1. The van der Waals surface area contributed by atoms with Crippen molar-refractivity contribution in [3.05, 3.63) is 58.1 Å². The first-order valence-electron chi connectivity index (χ1n) is 8.43. The largest absolute Gasteiger partial charge is 0.351 e. The zero-order valence-corrected chi connectivity index (χ0v) is 15.8. The van der Waals surface area contributed by atoms with Crippen LogP contribution in [0.2, 0.25) is 5.02 Å². The Kier molecular flexibility index (Phi) is 5.37. The van der Waals surface area contributed by atoms with Crippen molar-refractivity contribution >= 4 is 17.5 Å². The standard InChI is InChI=1S/C18H21ClN6O/c1-12-10-13(2)24(21-12)9-5-8-20-18(26)17-14(3)22-25(23-17)16-7-4-6-15(19)11-16/h4,6-7,10-11H,5,8-9H2,1-3H3,(H,20,26). The van der Waals surface area contributed by atoms with Crippen molar-refractivity contribution in [2.75, 3.05) is 6.54 Å². The molecule has 3 aromatic rings. The predicted molar refractivity (Wildman–Crippen MR) is 99.8 cm³/mol. The number of carbonyl (C=O) groups excluding carboxylic acids is 1. The average molecular weight is 373 g/mol. The van der Waals surface area contributed by atoms with Crippen molar-refractivity contribution in [3.63, 3.8) is 0 Å². The highest BCUT2D eigenvalue weighted by molar-refractivity contribution is 6.30. The van der Waals surface area contributed by atoms with Gasteiger partial charge in [-0.1, -0.05) is 17.7 Å². The number of nitrogens with zero attached hydrogens (tertiary/aromatic N) is 5. The number of hydrogen-bond acceptors (Lipinski definition) is 4. The highest BCUT2D eigenvalue weighted by Crippen LogP contribution is 2.14. The molecule has 26 heavy (non-hydrogen) atoms. The Morgan fingerprint density at radius 2 is 1.96 bits per heavy atom. The molecule has 0 aliphatic heterocycles. The van der Waals surface area contributed by atoms with Gasteiger partial charge in [-0.15, -0.1) is 5.10 Å². The van der Waals surface area contributed by atoms with Gasteiger partial charge in [-0.05, 0) is 51.5 Å². The summed E-state index contributed by atoms with van der Waals surface area (Å²) in [5, 5.41) is 16.5. The first-order chi connectivity index (χ1) is 12.4. The molecule has 0 radical (unpaired) electrons. The molecule has 1 N–H and O–H groups in total.